The Labute approximate surface area is 179 Å². The summed E-state index contributed by atoms with van der Waals surface area (Å²) >= 11 is 0. The first-order valence-corrected chi connectivity index (χ1v) is 11.4. The second-order valence-corrected chi connectivity index (χ2v) is 9.89. The van der Waals surface area contributed by atoms with Gasteiger partial charge in [-0.3, -0.25) is 4.79 Å². The molecule has 0 aliphatic heterocycles. The van der Waals surface area contributed by atoms with Crippen molar-refractivity contribution in [3.05, 3.63) is 22.9 Å². The van der Waals surface area contributed by atoms with E-state index in [0.29, 0.717) is 25.0 Å². The third-order valence-corrected chi connectivity index (χ3v) is 8.86. The van der Waals surface area contributed by atoms with Crippen molar-refractivity contribution in [2.45, 2.75) is 77.9 Å². The van der Waals surface area contributed by atoms with Gasteiger partial charge in [0.2, 0.25) is 0 Å². The number of nitrogens with two attached hydrogens (primary N) is 1. The maximum Gasteiger partial charge on any atom is 0.190 e. The van der Waals surface area contributed by atoms with Crippen molar-refractivity contribution in [3.8, 4) is 0 Å². The molecule has 3 fully saturated rings. The largest absolute Gasteiger partial charge is 0.398 e. The van der Waals surface area contributed by atoms with Crippen molar-refractivity contribution in [2.75, 3.05) is 6.61 Å². The minimum absolute atomic E-state index is 0.0141. The first-order chi connectivity index (χ1) is 14.1. The molecule has 6 nitrogen and oxygen atoms in total. The minimum atomic E-state index is -1.56. The predicted molar refractivity (Wildman–Crippen MR) is 117 cm³/mol. The maximum atomic E-state index is 12.4. The molecule has 30 heavy (non-hydrogen) atoms. The van der Waals surface area contributed by atoms with Crippen LogP contribution in [0.5, 0.6) is 0 Å². The zero-order valence-electron chi connectivity index (χ0n) is 18.7. The van der Waals surface area contributed by atoms with Crippen LogP contribution in [0.2, 0.25) is 0 Å². The fourth-order valence-corrected chi connectivity index (χ4v) is 7.45. The van der Waals surface area contributed by atoms with Gasteiger partial charge in [-0.2, -0.15) is 0 Å². The normalized spacial score (nSPS) is 44.7. The Morgan fingerprint density at radius 1 is 1.33 bits per heavy atom. The van der Waals surface area contributed by atoms with Crippen LogP contribution < -0.4 is 5.73 Å². The fraction of sp³-hybridized carbons (Fsp3) is 0.750. The molecule has 3 saturated carbocycles. The highest BCUT2D eigenvalue weighted by atomic mass is 16.3. The Balaban J connectivity index is 0.00000124. The predicted octanol–water partition coefficient (Wildman–Crippen LogP) is 2.71. The lowest BCUT2D eigenvalue weighted by Gasteiger charge is -2.60. The zero-order chi connectivity index (χ0) is 22.5. The van der Waals surface area contributed by atoms with Crippen molar-refractivity contribution in [2.24, 2.45) is 34.3 Å². The highest BCUT2D eigenvalue weighted by molar-refractivity contribution is 5.89. The van der Waals surface area contributed by atoms with E-state index in [4.69, 9.17) is 11.1 Å². The molecule has 4 aliphatic carbocycles. The molecule has 0 bridgehead atoms. The summed E-state index contributed by atoms with van der Waals surface area (Å²) in [5, 5.41) is 39.7. The van der Waals surface area contributed by atoms with E-state index in [9.17, 15) is 20.1 Å². The molecule has 4 rings (SSSR count). The van der Waals surface area contributed by atoms with E-state index < -0.39 is 29.5 Å². The van der Waals surface area contributed by atoms with Gasteiger partial charge >= 0.3 is 0 Å². The van der Waals surface area contributed by atoms with Gasteiger partial charge in [0, 0.05) is 17.3 Å². The van der Waals surface area contributed by atoms with Gasteiger partial charge in [-0.25, -0.2) is 0 Å². The van der Waals surface area contributed by atoms with Crippen molar-refractivity contribution >= 4 is 12.0 Å². The average molecular weight is 419 g/mol. The molecule has 0 aromatic rings. The summed E-state index contributed by atoms with van der Waals surface area (Å²) in [5.41, 5.74) is 6.31. The van der Waals surface area contributed by atoms with Crippen LogP contribution in [-0.2, 0) is 4.79 Å². The number of Topliss-reactive ketones (excluding diaryl/α,β-unsaturated/α-hetero) is 1. The molecule has 0 aromatic carbocycles. The van der Waals surface area contributed by atoms with Crippen LogP contribution in [0.25, 0.3) is 0 Å². The molecule has 0 saturated heterocycles. The highest BCUT2D eigenvalue weighted by Gasteiger charge is 2.68. The summed E-state index contributed by atoms with van der Waals surface area (Å²) in [6.07, 6.45) is 6.54. The SMILES string of the molecule is CC.CC12CC(C=N)=C(N)C=C1CCC1C2C(O)CC2(C)C1CC[C@]2(O)C(=O)CO. The lowest BCUT2D eigenvalue weighted by Crippen LogP contribution is -2.62. The topological polar surface area (TPSA) is 128 Å². The van der Waals surface area contributed by atoms with Crippen LogP contribution in [0.3, 0.4) is 0 Å². The second kappa shape index (κ2) is 7.88. The monoisotopic (exact) mass is 418 g/mol. The van der Waals surface area contributed by atoms with Crippen molar-refractivity contribution < 1.29 is 20.1 Å². The summed E-state index contributed by atoms with van der Waals surface area (Å²) in [6, 6.07) is 0. The van der Waals surface area contributed by atoms with Gasteiger partial charge < -0.3 is 26.5 Å². The number of aliphatic hydroxyl groups excluding tert-OH is 2. The zero-order valence-corrected chi connectivity index (χ0v) is 18.7. The summed E-state index contributed by atoms with van der Waals surface area (Å²) in [4.78, 5) is 12.4. The van der Waals surface area contributed by atoms with E-state index in [-0.39, 0.29) is 23.2 Å². The van der Waals surface area contributed by atoms with Gasteiger partial charge in [0.05, 0.1) is 6.10 Å². The molecule has 7 atom stereocenters. The smallest absolute Gasteiger partial charge is 0.190 e. The van der Waals surface area contributed by atoms with Crippen LogP contribution in [-0.4, -0.2) is 45.6 Å². The summed E-state index contributed by atoms with van der Waals surface area (Å²) in [5.74, 6) is -0.181. The van der Waals surface area contributed by atoms with Gasteiger partial charge in [0.15, 0.2) is 5.78 Å². The molecule has 0 amide bonds. The highest BCUT2D eigenvalue weighted by Crippen LogP contribution is 2.67. The molecule has 168 valence electrons. The lowest BCUT2D eigenvalue weighted by atomic mass is 9.45. The van der Waals surface area contributed by atoms with E-state index in [1.165, 1.54) is 11.8 Å². The number of aliphatic hydroxyl groups is 3. The van der Waals surface area contributed by atoms with E-state index >= 15 is 0 Å². The number of carbonyl (C=O) groups excluding carboxylic acids is 1. The number of hydrogen-bond acceptors (Lipinski definition) is 6. The Hall–Kier alpha value is -1.50. The Morgan fingerprint density at radius 2 is 2.00 bits per heavy atom. The summed E-state index contributed by atoms with van der Waals surface area (Å²) in [7, 11) is 0. The molecule has 6 N–H and O–H groups in total. The Morgan fingerprint density at radius 3 is 2.60 bits per heavy atom. The molecule has 6 heteroatoms. The van der Waals surface area contributed by atoms with E-state index in [0.717, 1.165) is 24.8 Å². The standard InChI is InChI=1S/C22H32N2O4.C2H6/c1-20-8-12(10-23)16(24)7-13(20)3-4-14-15-5-6-22(28,18(27)11-25)21(15,2)9-17(26)19(14)20;1-2/h7,10,14-15,17,19,23,25-26,28H,3-6,8-9,11,24H2,1-2H3;1-2H3/t14?,15?,17?,19?,20?,21?,22-;/m0./s1. The molecular formula is C24H38N2O4. The van der Waals surface area contributed by atoms with Gasteiger partial charge in [-0.15, -0.1) is 0 Å². The number of rotatable bonds is 3. The van der Waals surface area contributed by atoms with Crippen LogP contribution in [0.15, 0.2) is 22.9 Å². The Bertz CT molecular complexity index is 790. The van der Waals surface area contributed by atoms with E-state index in [2.05, 4.69) is 6.92 Å². The molecular weight excluding hydrogens is 380 g/mol. The maximum absolute atomic E-state index is 12.4. The van der Waals surface area contributed by atoms with Gasteiger partial charge in [0.1, 0.15) is 12.2 Å². The molecule has 6 unspecified atom stereocenters. The first-order valence-electron chi connectivity index (χ1n) is 11.4. The summed E-state index contributed by atoms with van der Waals surface area (Å²) < 4.78 is 0. The average Bonchev–Trinajstić information content (AvgIpc) is 3.00. The number of ketones is 1. The molecule has 0 aromatic heterocycles. The third-order valence-electron chi connectivity index (χ3n) is 8.86. The van der Waals surface area contributed by atoms with Crippen molar-refractivity contribution in [1.29, 1.82) is 5.41 Å². The second-order valence-electron chi connectivity index (χ2n) is 9.89. The van der Waals surface area contributed by atoms with E-state index in [1.807, 2.05) is 26.8 Å². The molecule has 0 heterocycles. The number of nitrogens with one attached hydrogen (secondary N) is 1. The van der Waals surface area contributed by atoms with Crippen LogP contribution in [0.1, 0.15) is 66.2 Å². The number of allylic oxidation sites excluding steroid dienone is 3. The number of fused-ring (bicyclic) bond motifs is 5. The van der Waals surface area contributed by atoms with Crippen molar-refractivity contribution in [3.63, 3.8) is 0 Å². The van der Waals surface area contributed by atoms with Gasteiger partial charge in [0.25, 0.3) is 0 Å². The van der Waals surface area contributed by atoms with E-state index in [1.54, 1.807) is 0 Å². The van der Waals surface area contributed by atoms with Gasteiger partial charge in [-0.05, 0) is 73.3 Å². The number of hydrogen-bond donors (Lipinski definition) is 5. The number of carbonyl (C=O) groups is 1. The van der Waals surface area contributed by atoms with Crippen LogP contribution in [0.4, 0.5) is 0 Å². The third kappa shape index (κ3) is 2.94. The minimum Gasteiger partial charge on any atom is -0.398 e. The first kappa shape index (κ1) is 23.2. The molecule has 0 spiro atoms. The quantitative estimate of drug-likeness (QED) is 0.450. The Kier molecular flexibility index (Phi) is 6.09. The fourth-order valence-electron chi connectivity index (χ4n) is 7.45. The van der Waals surface area contributed by atoms with Crippen molar-refractivity contribution in [1.82, 2.24) is 0 Å². The molecule has 0 radical (unpaired) electrons. The van der Waals surface area contributed by atoms with Crippen LogP contribution in [0, 0.1) is 34.0 Å². The lowest BCUT2D eigenvalue weighted by molar-refractivity contribution is -0.181. The molecule has 4 aliphatic rings. The van der Waals surface area contributed by atoms with Crippen LogP contribution >= 0.6 is 0 Å². The van der Waals surface area contributed by atoms with Gasteiger partial charge in [-0.1, -0.05) is 33.3 Å². The summed E-state index contributed by atoms with van der Waals surface area (Å²) in [6.45, 7) is 7.44.